The lowest BCUT2D eigenvalue weighted by Gasteiger charge is -2.13. The van der Waals surface area contributed by atoms with Gasteiger partial charge in [-0.25, -0.2) is 15.0 Å². The number of fused-ring (bicyclic) bond motifs is 9. The maximum absolute atomic E-state index is 5.22. The third kappa shape index (κ3) is 5.92. The van der Waals surface area contributed by atoms with Crippen molar-refractivity contribution < 1.29 is 0 Å². The van der Waals surface area contributed by atoms with Crippen LogP contribution in [0.1, 0.15) is 0 Å². The second-order valence-electron chi connectivity index (χ2n) is 15.3. The summed E-state index contributed by atoms with van der Waals surface area (Å²) in [6, 6.07) is 68.0. The van der Waals surface area contributed by atoms with Crippen LogP contribution in [0.25, 0.3) is 116 Å². The zero-order chi connectivity index (χ0) is 40.3. The number of hydrogen-bond acceptors (Lipinski definition) is 5. The molecule has 0 aliphatic heterocycles. The predicted molar refractivity (Wildman–Crippen MR) is 249 cm³/mol. The van der Waals surface area contributed by atoms with E-state index in [0.717, 1.165) is 88.2 Å². The van der Waals surface area contributed by atoms with Gasteiger partial charge in [0.05, 0.1) is 22.1 Å². The maximum Gasteiger partial charge on any atom is 0.164 e. The fourth-order valence-corrected chi connectivity index (χ4v) is 8.85. The average Bonchev–Trinajstić information content (AvgIpc) is 3.67. The van der Waals surface area contributed by atoms with Crippen LogP contribution in [0.4, 0.5) is 0 Å². The van der Waals surface area contributed by atoms with E-state index in [4.69, 9.17) is 24.9 Å². The standard InChI is InChI=1S/C55H34N6/c1-3-14-35(15-4-1)37-18-11-20-39(30-37)53-58-54(40-21-12-19-38(31-40)36-16-5-2-6-17-36)60-55(59-53)41-22-13-23-42(32-41)61-49-27-10-9-25-44(49)47-33-46-43-24-7-8-26-45(43)51-52(57-29-28-56-51)48(46)34-50(47)61/h1-34H. The van der Waals surface area contributed by atoms with E-state index >= 15 is 0 Å². The van der Waals surface area contributed by atoms with E-state index in [1.165, 1.54) is 10.8 Å². The highest BCUT2D eigenvalue weighted by molar-refractivity contribution is 6.27. The zero-order valence-electron chi connectivity index (χ0n) is 32.8. The number of hydrogen-bond donors (Lipinski definition) is 0. The summed E-state index contributed by atoms with van der Waals surface area (Å²) in [5, 5.41) is 6.83. The monoisotopic (exact) mass is 778 g/mol. The topological polar surface area (TPSA) is 69.4 Å². The van der Waals surface area contributed by atoms with E-state index in [-0.39, 0.29) is 0 Å². The summed E-state index contributed by atoms with van der Waals surface area (Å²) in [7, 11) is 0. The van der Waals surface area contributed by atoms with Crippen LogP contribution in [0.3, 0.4) is 0 Å². The van der Waals surface area contributed by atoms with Crippen molar-refractivity contribution >= 4 is 54.4 Å². The summed E-state index contributed by atoms with van der Waals surface area (Å²) in [6.45, 7) is 0. The Morgan fingerprint density at radius 1 is 0.279 bits per heavy atom. The molecule has 0 saturated heterocycles. The minimum absolute atomic E-state index is 0.594. The van der Waals surface area contributed by atoms with Crippen LogP contribution in [-0.4, -0.2) is 29.5 Å². The molecule has 0 unspecified atom stereocenters. The number of aromatic nitrogens is 6. The molecule has 3 aromatic heterocycles. The third-order valence-electron chi connectivity index (χ3n) is 11.7. The summed E-state index contributed by atoms with van der Waals surface area (Å²) in [5.74, 6) is 1.81. The maximum atomic E-state index is 5.22. The van der Waals surface area contributed by atoms with Crippen LogP contribution in [0, 0.1) is 0 Å². The molecule has 284 valence electrons. The molecule has 6 nitrogen and oxygen atoms in total. The lowest BCUT2D eigenvalue weighted by molar-refractivity contribution is 1.07. The Morgan fingerprint density at radius 3 is 1.38 bits per heavy atom. The van der Waals surface area contributed by atoms with Crippen LogP contribution in [0.5, 0.6) is 0 Å². The van der Waals surface area contributed by atoms with Gasteiger partial charge in [0.2, 0.25) is 0 Å². The van der Waals surface area contributed by atoms with Gasteiger partial charge in [-0.05, 0) is 75.5 Å². The van der Waals surface area contributed by atoms with E-state index in [2.05, 4.69) is 187 Å². The minimum atomic E-state index is 0.594. The van der Waals surface area contributed by atoms with E-state index in [0.29, 0.717) is 17.5 Å². The molecule has 0 fully saturated rings. The number of rotatable bonds is 6. The van der Waals surface area contributed by atoms with Crippen molar-refractivity contribution in [2.24, 2.45) is 0 Å². The van der Waals surface area contributed by atoms with E-state index in [9.17, 15) is 0 Å². The van der Waals surface area contributed by atoms with Crippen molar-refractivity contribution in [1.29, 1.82) is 0 Å². The highest BCUT2D eigenvalue weighted by Gasteiger charge is 2.19. The number of benzene rings is 9. The first-order valence-corrected chi connectivity index (χ1v) is 20.4. The van der Waals surface area contributed by atoms with Gasteiger partial charge in [-0.2, -0.15) is 0 Å². The average molecular weight is 779 g/mol. The van der Waals surface area contributed by atoms with Gasteiger partial charge in [0.15, 0.2) is 17.5 Å². The molecule has 0 aliphatic carbocycles. The van der Waals surface area contributed by atoms with Crippen molar-refractivity contribution in [3.05, 3.63) is 207 Å². The van der Waals surface area contributed by atoms with E-state index < -0.39 is 0 Å². The smallest absolute Gasteiger partial charge is 0.164 e. The highest BCUT2D eigenvalue weighted by atomic mass is 15.0. The second kappa shape index (κ2) is 14.2. The first-order chi connectivity index (χ1) is 30.2. The second-order valence-corrected chi connectivity index (χ2v) is 15.3. The zero-order valence-corrected chi connectivity index (χ0v) is 32.8. The lowest BCUT2D eigenvalue weighted by atomic mass is 9.97. The van der Waals surface area contributed by atoms with Gasteiger partial charge in [-0.1, -0.05) is 152 Å². The number of nitrogens with zero attached hydrogens (tertiary/aromatic N) is 6. The molecule has 61 heavy (non-hydrogen) atoms. The molecule has 0 saturated carbocycles. The quantitative estimate of drug-likeness (QED) is 0.157. The normalized spacial score (nSPS) is 11.6. The molecule has 0 radical (unpaired) electrons. The molecule has 0 amide bonds. The largest absolute Gasteiger partial charge is 0.309 e. The first-order valence-electron chi connectivity index (χ1n) is 20.4. The SMILES string of the molecule is c1ccc(-c2cccc(-c3nc(-c4cccc(-c5ccccc5)c4)nc(-c4cccc(-n5c6ccccc6c6cc7c8ccccc8c8nccnc8c7cc65)c4)n3)c2)cc1. The van der Waals surface area contributed by atoms with Crippen LogP contribution < -0.4 is 0 Å². The fraction of sp³-hybridized carbons (Fsp3) is 0. The Morgan fingerprint density at radius 2 is 0.754 bits per heavy atom. The van der Waals surface area contributed by atoms with Crippen molar-refractivity contribution in [3.63, 3.8) is 0 Å². The van der Waals surface area contributed by atoms with Gasteiger partial charge in [0.25, 0.3) is 0 Å². The van der Waals surface area contributed by atoms with Gasteiger partial charge < -0.3 is 4.57 Å². The molecular formula is C55H34N6. The van der Waals surface area contributed by atoms with Gasteiger partial charge in [0, 0.05) is 56.3 Å². The summed E-state index contributed by atoms with van der Waals surface area (Å²) >= 11 is 0. The molecule has 0 N–H and O–H groups in total. The van der Waals surface area contributed by atoms with E-state index in [1.54, 1.807) is 12.4 Å². The van der Waals surface area contributed by atoms with Gasteiger partial charge in [-0.15, -0.1) is 0 Å². The molecule has 12 aromatic rings. The Kier molecular flexibility index (Phi) is 8.06. The highest BCUT2D eigenvalue weighted by Crippen LogP contribution is 2.40. The van der Waals surface area contributed by atoms with Crippen LogP contribution in [0.2, 0.25) is 0 Å². The number of para-hydroxylation sites is 1. The van der Waals surface area contributed by atoms with Crippen molar-refractivity contribution in [2.75, 3.05) is 0 Å². The molecule has 0 bridgehead atoms. The third-order valence-corrected chi connectivity index (χ3v) is 11.7. The molecule has 6 heteroatoms. The lowest BCUT2D eigenvalue weighted by Crippen LogP contribution is -2.01. The molecule has 0 aliphatic rings. The Hall–Kier alpha value is -8.35. The summed E-state index contributed by atoms with van der Waals surface area (Å²) in [4.78, 5) is 25.3. The van der Waals surface area contributed by atoms with Crippen LogP contribution in [-0.2, 0) is 0 Å². The fourth-order valence-electron chi connectivity index (χ4n) is 8.85. The van der Waals surface area contributed by atoms with Gasteiger partial charge in [0.1, 0.15) is 0 Å². The molecule has 9 aromatic carbocycles. The first kappa shape index (κ1) is 34.7. The summed E-state index contributed by atoms with van der Waals surface area (Å²) in [5.41, 5.74) is 12.2. The molecule has 3 heterocycles. The Labute approximate surface area is 351 Å². The van der Waals surface area contributed by atoms with Crippen molar-refractivity contribution in [3.8, 4) is 62.1 Å². The van der Waals surface area contributed by atoms with E-state index in [1.807, 2.05) is 12.1 Å². The molecular weight excluding hydrogens is 745 g/mol. The van der Waals surface area contributed by atoms with Crippen LogP contribution >= 0.6 is 0 Å². The minimum Gasteiger partial charge on any atom is -0.309 e. The Balaban J connectivity index is 1.07. The molecule has 0 atom stereocenters. The Bertz CT molecular complexity index is 3550. The predicted octanol–water partition coefficient (Wildman–Crippen LogP) is 13.6. The molecule has 0 spiro atoms. The van der Waals surface area contributed by atoms with Gasteiger partial charge in [-0.3, -0.25) is 9.97 Å². The molecule has 12 rings (SSSR count). The van der Waals surface area contributed by atoms with Crippen molar-refractivity contribution in [1.82, 2.24) is 29.5 Å². The van der Waals surface area contributed by atoms with Gasteiger partial charge >= 0.3 is 0 Å². The summed E-state index contributed by atoms with van der Waals surface area (Å²) < 4.78 is 2.35. The summed E-state index contributed by atoms with van der Waals surface area (Å²) in [6.07, 6.45) is 3.56. The van der Waals surface area contributed by atoms with Crippen molar-refractivity contribution in [2.45, 2.75) is 0 Å². The van der Waals surface area contributed by atoms with Crippen LogP contribution in [0.15, 0.2) is 207 Å².